The Morgan fingerprint density at radius 1 is 1.33 bits per heavy atom. The van der Waals surface area contributed by atoms with Gasteiger partial charge in [-0.25, -0.2) is 0 Å². The predicted molar refractivity (Wildman–Crippen MR) is 79.0 cm³/mol. The monoisotopic (exact) mass is 265 g/mol. The van der Waals surface area contributed by atoms with Crippen molar-refractivity contribution >= 4 is 11.6 Å². The first-order chi connectivity index (χ1) is 8.37. The molecular weight excluding hydrogens is 242 g/mol. The first-order valence-corrected chi connectivity index (χ1v) is 7.27. The molecule has 1 nitrogen and oxygen atoms in total. The van der Waals surface area contributed by atoms with Gasteiger partial charge in [0.15, 0.2) is 0 Å². The maximum Gasteiger partial charge on any atom is 0.0409 e. The molecule has 3 atom stereocenters. The normalized spacial score (nSPS) is 28.3. The third-order valence-electron chi connectivity index (χ3n) is 4.15. The molecule has 1 saturated carbocycles. The smallest absolute Gasteiger partial charge is 0.0409 e. The van der Waals surface area contributed by atoms with Crippen LogP contribution in [0.15, 0.2) is 24.3 Å². The Hall–Kier alpha value is -0.530. The molecule has 2 unspecified atom stereocenters. The van der Waals surface area contributed by atoms with Gasteiger partial charge < -0.3 is 5.32 Å². The van der Waals surface area contributed by atoms with Crippen LogP contribution in [0.5, 0.6) is 0 Å². The van der Waals surface area contributed by atoms with Crippen molar-refractivity contribution in [3.63, 3.8) is 0 Å². The van der Waals surface area contributed by atoms with E-state index in [1.807, 2.05) is 12.1 Å². The van der Waals surface area contributed by atoms with Crippen molar-refractivity contribution in [1.29, 1.82) is 0 Å². The van der Waals surface area contributed by atoms with E-state index in [2.05, 4.69) is 45.1 Å². The molecule has 0 aliphatic heterocycles. The highest BCUT2D eigenvalue weighted by Gasteiger charge is 2.36. The second-order valence-corrected chi connectivity index (χ2v) is 7.04. The Balaban J connectivity index is 2.02. The third-order valence-corrected chi connectivity index (χ3v) is 4.38. The largest absolute Gasteiger partial charge is 0.307 e. The minimum absolute atomic E-state index is 0.366. The fraction of sp³-hybridized carbons (Fsp3) is 0.625. The molecule has 1 aromatic rings. The van der Waals surface area contributed by atoms with Crippen LogP contribution in [-0.4, -0.2) is 6.04 Å². The number of nitrogens with one attached hydrogen (secondary N) is 1. The minimum atomic E-state index is 0.366. The molecule has 1 aliphatic carbocycles. The molecule has 2 rings (SSSR count). The Morgan fingerprint density at radius 2 is 2.06 bits per heavy atom. The van der Waals surface area contributed by atoms with Crippen molar-refractivity contribution in [2.24, 2.45) is 11.3 Å². The summed E-state index contributed by atoms with van der Waals surface area (Å²) >= 11 is 6.05. The topological polar surface area (TPSA) is 12.0 Å². The zero-order chi connectivity index (χ0) is 13.3. The number of hydrogen-bond donors (Lipinski definition) is 1. The second kappa shape index (κ2) is 5.22. The number of hydrogen-bond acceptors (Lipinski definition) is 1. The highest BCUT2D eigenvalue weighted by molar-refractivity contribution is 6.30. The quantitative estimate of drug-likeness (QED) is 0.827. The number of rotatable bonds is 3. The van der Waals surface area contributed by atoms with Gasteiger partial charge in [-0.3, -0.25) is 0 Å². The molecule has 0 heterocycles. The molecular formula is C16H24ClN. The van der Waals surface area contributed by atoms with Gasteiger partial charge in [0.05, 0.1) is 0 Å². The van der Waals surface area contributed by atoms with Gasteiger partial charge in [-0.2, -0.15) is 0 Å². The molecule has 1 fully saturated rings. The van der Waals surface area contributed by atoms with E-state index in [4.69, 9.17) is 11.6 Å². The van der Waals surface area contributed by atoms with Crippen LogP contribution in [0.3, 0.4) is 0 Å². The summed E-state index contributed by atoms with van der Waals surface area (Å²) in [6, 6.07) is 9.15. The van der Waals surface area contributed by atoms with E-state index in [1.54, 1.807) is 0 Å². The van der Waals surface area contributed by atoms with Crippen molar-refractivity contribution in [3.05, 3.63) is 34.9 Å². The summed E-state index contributed by atoms with van der Waals surface area (Å²) in [6.07, 6.45) is 2.58. The van der Waals surface area contributed by atoms with E-state index >= 15 is 0 Å². The summed E-state index contributed by atoms with van der Waals surface area (Å²) < 4.78 is 0. The van der Waals surface area contributed by atoms with Crippen LogP contribution in [-0.2, 0) is 0 Å². The van der Waals surface area contributed by atoms with E-state index < -0.39 is 0 Å². The predicted octanol–water partition coefficient (Wildman–Crippen LogP) is 4.82. The Morgan fingerprint density at radius 3 is 2.61 bits per heavy atom. The summed E-state index contributed by atoms with van der Waals surface area (Å²) in [5.74, 6) is 0.752. The molecule has 100 valence electrons. The molecule has 0 aromatic heterocycles. The molecule has 18 heavy (non-hydrogen) atoms. The Bertz CT molecular complexity index is 413. The van der Waals surface area contributed by atoms with E-state index in [1.165, 1.54) is 18.4 Å². The van der Waals surface area contributed by atoms with Crippen LogP contribution in [0, 0.1) is 11.3 Å². The van der Waals surface area contributed by atoms with Crippen molar-refractivity contribution < 1.29 is 0 Å². The van der Waals surface area contributed by atoms with E-state index in [9.17, 15) is 0 Å². The van der Waals surface area contributed by atoms with E-state index in [0.29, 0.717) is 17.5 Å². The maximum atomic E-state index is 6.05. The van der Waals surface area contributed by atoms with Gasteiger partial charge >= 0.3 is 0 Å². The highest BCUT2D eigenvalue weighted by Crippen LogP contribution is 2.41. The van der Waals surface area contributed by atoms with Crippen molar-refractivity contribution in [3.8, 4) is 0 Å². The Kier molecular flexibility index (Phi) is 4.03. The minimum Gasteiger partial charge on any atom is -0.307 e. The third kappa shape index (κ3) is 3.27. The number of benzene rings is 1. The number of halogens is 1. The fourth-order valence-corrected chi connectivity index (χ4v) is 3.51. The van der Waals surface area contributed by atoms with Gasteiger partial charge in [-0.1, -0.05) is 44.5 Å². The van der Waals surface area contributed by atoms with Crippen LogP contribution >= 0.6 is 11.6 Å². The average molecular weight is 266 g/mol. The van der Waals surface area contributed by atoms with Gasteiger partial charge in [0.2, 0.25) is 0 Å². The molecule has 1 N–H and O–H groups in total. The van der Waals surface area contributed by atoms with Crippen molar-refractivity contribution in [2.45, 2.75) is 52.6 Å². The average Bonchev–Trinajstić information content (AvgIpc) is 2.51. The molecule has 1 aromatic carbocycles. The summed E-state index contributed by atoms with van der Waals surface area (Å²) in [4.78, 5) is 0. The van der Waals surface area contributed by atoms with Crippen LogP contribution in [0.25, 0.3) is 0 Å². The first-order valence-electron chi connectivity index (χ1n) is 6.89. The van der Waals surface area contributed by atoms with Crippen LogP contribution in [0.4, 0.5) is 0 Å². The Labute approximate surface area is 116 Å². The fourth-order valence-electron chi connectivity index (χ4n) is 3.31. The zero-order valence-electron chi connectivity index (χ0n) is 11.8. The lowest BCUT2D eigenvalue weighted by molar-refractivity contribution is 0.356. The highest BCUT2D eigenvalue weighted by atomic mass is 35.5. The molecule has 0 bridgehead atoms. The molecule has 0 amide bonds. The van der Waals surface area contributed by atoms with Crippen molar-refractivity contribution in [2.75, 3.05) is 0 Å². The summed E-state index contributed by atoms with van der Waals surface area (Å²) in [5.41, 5.74) is 1.75. The first kappa shape index (κ1) is 13.9. The van der Waals surface area contributed by atoms with Gasteiger partial charge in [0.25, 0.3) is 0 Å². The van der Waals surface area contributed by atoms with E-state index in [-0.39, 0.29) is 0 Å². The SMILES string of the molecule is CC1CC(C)(C)CC1N[C@@H](C)c1cccc(Cl)c1. The molecule has 0 spiro atoms. The second-order valence-electron chi connectivity index (χ2n) is 6.60. The molecule has 2 heteroatoms. The lowest BCUT2D eigenvalue weighted by Crippen LogP contribution is -2.33. The standard InChI is InChI=1S/C16H24ClN/c1-11-9-16(3,4)10-15(11)18-12(2)13-6-5-7-14(17)8-13/h5-8,11-12,15,18H,9-10H2,1-4H3/t11?,12-,15?/m0/s1. The summed E-state index contributed by atoms with van der Waals surface area (Å²) in [6.45, 7) is 9.32. The lowest BCUT2D eigenvalue weighted by atomic mass is 9.91. The van der Waals surface area contributed by atoms with Crippen molar-refractivity contribution in [1.82, 2.24) is 5.32 Å². The zero-order valence-corrected chi connectivity index (χ0v) is 12.6. The van der Waals surface area contributed by atoms with Gasteiger partial charge in [0.1, 0.15) is 0 Å². The van der Waals surface area contributed by atoms with E-state index in [0.717, 1.165) is 10.9 Å². The lowest BCUT2D eigenvalue weighted by Gasteiger charge is -2.24. The van der Waals surface area contributed by atoms with Crippen LogP contribution < -0.4 is 5.32 Å². The van der Waals surface area contributed by atoms with Gasteiger partial charge in [-0.15, -0.1) is 0 Å². The maximum absolute atomic E-state index is 6.05. The molecule has 0 saturated heterocycles. The van der Waals surface area contributed by atoms with Gasteiger partial charge in [-0.05, 0) is 48.8 Å². The van der Waals surface area contributed by atoms with Crippen LogP contribution in [0.1, 0.15) is 52.1 Å². The van der Waals surface area contributed by atoms with Crippen LogP contribution in [0.2, 0.25) is 5.02 Å². The molecule has 0 radical (unpaired) electrons. The molecule has 1 aliphatic rings. The summed E-state index contributed by atoms with van der Waals surface area (Å²) in [5, 5.41) is 4.59. The summed E-state index contributed by atoms with van der Waals surface area (Å²) in [7, 11) is 0. The van der Waals surface area contributed by atoms with Gasteiger partial charge in [0, 0.05) is 17.1 Å².